The van der Waals surface area contributed by atoms with Crippen LogP contribution in [0.2, 0.25) is 0 Å². The summed E-state index contributed by atoms with van der Waals surface area (Å²) in [6.45, 7) is 7.50. The zero-order valence-electron chi connectivity index (χ0n) is 18.1. The lowest BCUT2D eigenvalue weighted by Crippen LogP contribution is -2.35. The number of carbonyl (C=O) groups is 3. The molecule has 160 valence electrons. The maximum Gasteiger partial charge on any atom is 0.224 e. The number of piperidine rings is 1. The van der Waals surface area contributed by atoms with Crippen molar-refractivity contribution in [3.05, 3.63) is 28.8 Å². The molecule has 6 nitrogen and oxygen atoms in total. The second kappa shape index (κ2) is 11.7. The van der Waals surface area contributed by atoms with Crippen LogP contribution in [0.15, 0.2) is 12.1 Å². The van der Waals surface area contributed by atoms with Crippen LogP contribution in [-0.4, -0.2) is 61.1 Å². The molecule has 1 fully saturated rings. The molecule has 1 saturated heterocycles. The van der Waals surface area contributed by atoms with Crippen molar-refractivity contribution in [2.75, 3.05) is 38.5 Å². The van der Waals surface area contributed by atoms with E-state index < -0.39 is 0 Å². The van der Waals surface area contributed by atoms with E-state index in [9.17, 15) is 14.4 Å². The first-order valence-corrected chi connectivity index (χ1v) is 10.7. The fraction of sp³-hybridized carbons (Fsp3) is 0.609. The van der Waals surface area contributed by atoms with Gasteiger partial charge >= 0.3 is 0 Å². The van der Waals surface area contributed by atoms with Crippen molar-refractivity contribution in [2.24, 2.45) is 0 Å². The van der Waals surface area contributed by atoms with Crippen LogP contribution in [0, 0.1) is 13.8 Å². The summed E-state index contributed by atoms with van der Waals surface area (Å²) < 4.78 is 0. The molecular weight excluding hydrogens is 366 g/mol. The molecule has 1 aromatic rings. The highest BCUT2D eigenvalue weighted by Crippen LogP contribution is 2.20. The largest absolute Gasteiger partial charge is 0.346 e. The SMILES string of the molecule is Cc1cc(NC(=O)CCCCN(C)C(=O)CCN2CCCCC2)c(C)cc1C=O. The third kappa shape index (κ3) is 7.61. The lowest BCUT2D eigenvalue weighted by Gasteiger charge is -2.27. The first kappa shape index (κ1) is 23.1. The monoisotopic (exact) mass is 401 g/mol. The zero-order valence-corrected chi connectivity index (χ0v) is 18.1. The number of hydrogen-bond donors (Lipinski definition) is 1. The van der Waals surface area contributed by atoms with Gasteiger partial charge in [0.1, 0.15) is 6.29 Å². The average Bonchev–Trinajstić information content (AvgIpc) is 2.72. The molecule has 0 aliphatic carbocycles. The van der Waals surface area contributed by atoms with Crippen LogP contribution in [-0.2, 0) is 9.59 Å². The third-order valence-corrected chi connectivity index (χ3v) is 5.68. The number of aldehydes is 1. The van der Waals surface area contributed by atoms with Gasteiger partial charge in [-0.05, 0) is 75.9 Å². The maximum absolute atomic E-state index is 12.3. The Morgan fingerprint density at radius 2 is 1.79 bits per heavy atom. The minimum absolute atomic E-state index is 0.0366. The van der Waals surface area contributed by atoms with Crippen LogP contribution in [0.1, 0.15) is 66.4 Å². The van der Waals surface area contributed by atoms with Gasteiger partial charge in [0.05, 0.1) is 0 Å². The van der Waals surface area contributed by atoms with Crippen molar-refractivity contribution in [1.82, 2.24) is 9.80 Å². The Morgan fingerprint density at radius 3 is 2.48 bits per heavy atom. The summed E-state index contributed by atoms with van der Waals surface area (Å²) in [7, 11) is 1.85. The number of benzene rings is 1. The van der Waals surface area contributed by atoms with E-state index in [1.807, 2.05) is 27.0 Å². The molecule has 1 aliphatic heterocycles. The Morgan fingerprint density at radius 1 is 1.07 bits per heavy atom. The number of amides is 2. The maximum atomic E-state index is 12.3. The number of aryl methyl sites for hydroxylation is 2. The van der Waals surface area contributed by atoms with Crippen molar-refractivity contribution < 1.29 is 14.4 Å². The standard InChI is InChI=1S/C23H35N3O3/c1-18-16-21(19(2)15-20(18)17-27)24-22(28)9-5-8-11-25(3)23(29)10-14-26-12-6-4-7-13-26/h15-17H,4-14H2,1-3H3,(H,24,28). The zero-order chi connectivity index (χ0) is 21.2. The molecule has 0 spiro atoms. The Kier molecular flexibility index (Phi) is 9.32. The van der Waals surface area contributed by atoms with Gasteiger partial charge in [-0.1, -0.05) is 6.42 Å². The topological polar surface area (TPSA) is 69.7 Å². The molecule has 1 heterocycles. The van der Waals surface area contributed by atoms with Gasteiger partial charge in [-0.15, -0.1) is 0 Å². The smallest absolute Gasteiger partial charge is 0.224 e. The molecule has 2 amide bonds. The molecule has 6 heteroatoms. The minimum atomic E-state index is -0.0366. The van der Waals surface area contributed by atoms with E-state index in [1.54, 1.807) is 11.0 Å². The molecule has 2 rings (SSSR count). The van der Waals surface area contributed by atoms with Crippen LogP contribution in [0.3, 0.4) is 0 Å². The van der Waals surface area contributed by atoms with E-state index in [0.29, 0.717) is 24.9 Å². The Balaban J connectivity index is 1.65. The van der Waals surface area contributed by atoms with E-state index >= 15 is 0 Å². The Bertz CT molecular complexity index is 712. The molecule has 0 aromatic heterocycles. The van der Waals surface area contributed by atoms with Crippen molar-refractivity contribution in [3.63, 3.8) is 0 Å². The molecular formula is C23H35N3O3. The molecule has 0 bridgehead atoms. The Hall–Kier alpha value is -2.21. The highest BCUT2D eigenvalue weighted by Gasteiger charge is 2.14. The highest BCUT2D eigenvalue weighted by molar-refractivity contribution is 5.92. The number of likely N-dealkylation sites (tertiary alicyclic amines) is 1. The summed E-state index contributed by atoms with van der Waals surface area (Å²) >= 11 is 0. The number of nitrogens with zero attached hydrogens (tertiary/aromatic N) is 2. The van der Waals surface area contributed by atoms with Gasteiger partial charge in [0.25, 0.3) is 0 Å². The van der Waals surface area contributed by atoms with Gasteiger partial charge in [-0.2, -0.15) is 0 Å². The van der Waals surface area contributed by atoms with Crippen LogP contribution < -0.4 is 5.32 Å². The van der Waals surface area contributed by atoms with Crippen molar-refractivity contribution in [2.45, 2.75) is 58.8 Å². The first-order valence-electron chi connectivity index (χ1n) is 10.7. The van der Waals surface area contributed by atoms with E-state index in [1.165, 1.54) is 19.3 Å². The predicted octanol–water partition coefficient (Wildman–Crippen LogP) is 3.56. The molecule has 1 aromatic carbocycles. The fourth-order valence-corrected chi connectivity index (χ4v) is 3.70. The van der Waals surface area contributed by atoms with Crippen molar-refractivity contribution in [1.29, 1.82) is 0 Å². The number of unbranched alkanes of at least 4 members (excludes halogenated alkanes) is 1. The van der Waals surface area contributed by atoms with E-state index in [2.05, 4.69) is 10.2 Å². The molecule has 1 N–H and O–H groups in total. The van der Waals surface area contributed by atoms with Gasteiger partial charge in [0.2, 0.25) is 11.8 Å². The van der Waals surface area contributed by atoms with Crippen LogP contribution in [0.5, 0.6) is 0 Å². The fourth-order valence-electron chi connectivity index (χ4n) is 3.70. The summed E-state index contributed by atoms with van der Waals surface area (Å²) in [5.41, 5.74) is 3.13. The summed E-state index contributed by atoms with van der Waals surface area (Å²) in [5.74, 6) is 0.145. The predicted molar refractivity (Wildman–Crippen MR) is 116 cm³/mol. The van der Waals surface area contributed by atoms with Crippen LogP contribution >= 0.6 is 0 Å². The van der Waals surface area contributed by atoms with Gasteiger partial charge in [0, 0.05) is 44.2 Å². The van der Waals surface area contributed by atoms with Crippen molar-refractivity contribution >= 4 is 23.8 Å². The summed E-state index contributed by atoms with van der Waals surface area (Å²) in [6.07, 6.45) is 7.16. The van der Waals surface area contributed by atoms with Crippen LogP contribution in [0.4, 0.5) is 5.69 Å². The molecule has 0 atom stereocenters. The van der Waals surface area contributed by atoms with Gasteiger partial charge in [0.15, 0.2) is 0 Å². The second-order valence-electron chi connectivity index (χ2n) is 8.11. The highest BCUT2D eigenvalue weighted by atomic mass is 16.2. The second-order valence-corrected chi connectivity index (χ2v) is 8.11. The molecule has 0 unspecified atom stereocenters. The van der Waals surface area contributed by atoms with Gasteiger partial charge in [-0.3, -0.25) is 14.4 Å². The number of rotatable bonds is 10. The lowest BCUT2D eigenvalue weighted by atomic mass is 10.0. The normalized spacial score (nSPS) is 14.4. The molecule has 1 aliphatic rings. The van der Waals surface area contributed by atoms with E-state index in [0.717, 1.165) is 55.6 Å². The average molecular weight is 402 g/mol. The van der Waals surface area contributed by atoms with E-state index in [-0.39, 0.29) is 11.8 Å². The first-order chi connectivity index (χ1) is 13.9. The summed E-state index contributed by atoms with van der Waals surface area (Å²) in [5, 5.41) is 2.93. The summed E-state index contributed by atoms with van der Waals surface area (Å²) in [4.78, 5) is 39.7. The lowest BCUT2D eigenvalue weighted by molar-refractivity contribution is -0.130. The molecule has 0 saturated carbocycles. The van der Waals surface area contributed by atoms with E-state index in [4.69, 9.17) is 0 Å². The van der Waals surface area contributed by atoms with Gasteiger partial charge in [-0.25, -0.2) is 0 Å². The van der Waals surface area contributed by atoms with Crippen LogP contribution in [0.25, 0.3) is 0 Å². The number of hydrogen-bond acceptors (Lipinski definition) is 4. The Labute approximate surface area is 174 Å². The minimum Gasteiger partial charge on any atom is -0.346 e. The molecule has 0 radical (unpaired) electrons. The molecule has 29 heavy (non-hydrogen) atoms. The summed E-state index contributed by atoms with van der Waals surface area (Å²) in [6, 6.07) is 3.63. The van der Waals surface area contributed by atoms with Crippen molar-refractivity contribution in [3.8, 4) is 0 Å². The quantitative estimate of drug-likeness (QED) is 0.481. The number of carbonyl (C=O) groups excluding carboxylic acids is 3. The van der Waals surface area contributed by atoms with Gasteiger partial charge < -0.3 is 15.1 Å². The number of nitrogens with one attached hydrogen (secondary N) is 1. The third-order valence-electron chi connectivity index (χ3n) is 5.68. The number of anilines is 1.